The summed E-state index contributed by atoms with van der Waals surface area (Å²) in [5.74, 6) is 0.777. The molecule has 2 fully saturated rings. The Morgan fingerprint density at radius 1 is 1.14 bits per heavy atom. The van der Waals surface area contributed by atoms with E-state index in [0.717, 1.165) is 19.3 Å². The number of hydrogen-bond acceptors (Lipinski definition) is 3. The van der Waals surface area contributed by atoms with Crippen molar-refractivity contribution in [3.05, 3.63) is 28.2 Å². The highest BCUT2D eigenvalue weighted by atomic mass is 35.5. The fourth-order valence-corrected chi connectivity index (χ4v) is 5.73. The molecule has 1 unspecified atom stereocenters. The van der Waals surface area contributed by atoms with E-state index >= 15 is 0 Å². The molecule has 1 aliphatic carbocycles. The number of hydrogen-bond donors (Lipinski definition) is 1. The molecule has 3 atom stereocenters. The van der Waals surface area contributed by atoms with E-state index in [1.807, 2.05) is 0 Å². The number of rotatable bonds is 2. The van der Waals surface area contributed by atoms with Gasteiger partial charge in [0.05, 0.1) is 10.0 Å². The van der Waals surface area contributed by atoms with Crippen molar-refractivity contribution in [2.24, 2.45) is 17.6 Å². The van der Waals surface area contributed by atoms with Gasteiger partial charge in [0.2, 0.25) is 10.0 Å². The van der Waals surface area contributed by atoms with Crippen LogP contribution in [0.15, 0.2) is 23.1 Å². The maximum absolute atomic E-state index is 12.8. The average Bonchev–Trinajstić information content (AvgIpc) is 2.85. The fraction of sp³-hybridized carbons (Fsp3) is 0.571. The smallest absolute Gasteiger partial charge is 0.244 e. The third kappa shape index (κ3) is 2.82. The van der Waals surface area contributed by atoms with Gasteiger partial charge in [-0.25, -0.2) is 8.42 Å². The van der Waals surface area contributed by atoms with Gasteiger partial charge >= 0.3 is 0 Å². The molecule has 116 valence electrons. The molecule has 3 rings (SSSR count). The Bertz CT molecular complexity index is 650. The van der Waals surface area contributed by atoms with Gasteiger partial charge < -0.3 is 5.73 Å². The molecular formula is C14H18Cl2N2O2S. The summed E-state index contributed by atoms with van der Waals surface area (Å²) >= 11 is 12.0. The van der Waals surface area contributed by atoms with Crippen LogP contribution in [0.1, 0.15) is 19.3 Å². The van der Waals surface area contributed by atoms with Crippen molar-refractivity contribution in [1.29, 1.82) is 0 Å². The molecule has 0 spiro atoms. The van der Waals surface area contributed by atoms with Crippen molar-refractivity contribution < 1.29 is 8.42 Å². The molecule has 0 bridgehead atoms. The lowest BCUT2D eigenvalue weighted by Gasteiger charge is -2.28. The highest BCUT2D eigenvalue weighted by molar-refractivity contribution is 7.89. The predicted molar refractivity (Wildman–Crippen MR) is 84.0 cm³/mol. The first-order chi connectivity index (χ1) is 9.89. The minimum Gasteiger partial charge on any atom is -0.328 e. The quantitative estimate of drug-likeness (QED) is 0.893. The Balaban J connectivity index is 1.88. The first-order valence-electron chi connectivity index (χ1n) is 7.09. The second-order valence-electron chi connectivity index (χ2n) is 5.97. The zero-order valence-electron chi connectivity index (χ0n) is 11.5. The van der Waals surface area contributed by atoms with Crippen LogP contribution in [-0.4, -0.2) is 31.9 Å². The Morgan fingerprint density at radius 3 is 2.62 bits per heavy atom. The van der Waals surface area contributed by atoms with E-state index in [1.165, 1.54) is 10.4 Å². The van der Waals surface area contributed by atoms with Gasteiger partial charge in [-0.3, -0.25) is 0 Å². The summed E-state index contributed by atoms with van der Waals surface area (Å²) in [5.41, 5.74) is 5.99. The zero-order valence-corrected chi connectivity index (χ0v) is 13.8. The van der Waals surface area contributed by atoms with Gasteiger partial charge in [0.15, 0.2) is 0 Å². The summed E-state index contributed by atoms with van der Waals surface area (Å²) < 4.78 is 27.1. The van der Waals surface area contributed by atoms with Crippen LogP contribution >= 0.6 is 23.2 Å². The van der Waals surface area contributed by atoms with Crippen molar-refractivity contribution in [1.82, 2.24) is 4.31 Å². The molecule has 1 saturated carbocycles. The Kier molecular flexibility index (Phi) is 4.23. The number of sulfonamides is 1. The van der Waals surface area contributed by atoms with Gasteiger partial charge in [0, 0.05) is 19.1 Å². The number of fused-ring (bicyclic) bond motifs is 1. The first-order valence-corrected chi connectivity index (χ1v) is 9.29. The molecule has 1 aliphatic heterocycles. The Labute approximate surface area is 135 Å². The van der Waals surface area contributed by atoms with E-state index in [9.17, 15) is 8.42 Å². The van der Waals surface area contributed by atoms with E-state index in [4.69, 9.17) is 28.9 Å². The number of nitrogens with zero attached hydrogens (tertiary/aromatic N) is 1. The molecule has 0 aromatic heterocycles. The highest BCUT2D eigenvalue weighted by Gasteiger charge is 2.42. The summed E-state index contributed by atoms with van der Waals surface area (Å²) in [6.07, 6.45) is 2.88. The van der Waals surface area contributed by atoms with Crippen LogP contribution in [0.4, 0.5) is 0 Å². The zero-order chi connectivity index (χ0) is 15.2. The lowest BCUT2D eigenvalue weighted by atomic mass is 9.79. The van der Waals surface area contributed by atoms with Crippen LogP contribution in [0.3, 0.4) is 0 Å². The Hall–Kier alpha value is -0.330. The van der Waals surface area contributed by atoms with Crippen molar-refractivity contribution in [2.75, 3.05) is 13.1 Å². The lowest BCUT2D eigenvalue weighted by molar-refractivity contribution is 0.271. The minimum absolute atomic E-state index is 0.0969. The third-order valence-corrected chi connectivity index (χ3v) is 7.40. The molecule has 1 aromatic rings. The van der Waals surface area contributed by atoms with Gasteiger partial charge in [-0.2, -0.15) is 4.31 Å². The molecule has 1 heterocycles. The van der Waals surface area contributed by atoms with Crippen LogP contribution in [0.2, 0.25) is 10.0 Å². The van der Waals surface area contributed by atoms with Gasteiger partial charge in [-0.15, -0.1) is 0 Å². The van der Waals surface area contributed by atoms with Crippen LogP contribution in [-0.2, 0) is 10.0 Å². The van der Waals surface area contributed by atoms with Gasteiger partial charge in [0.25, 0.3) is 0 Å². The van der Waals surface area contributed by atoms with Gasteiger partial charge in [-0.1, -0.05) is 29.3 Å². The second kappa shape index (κ2) is 5.70. The summed E-state index contributed by atoms with van der Waals surface area (Å²) in [6.45, 7) is 1.09. The molecule has 2 aliphatic rings. The molecule has 1 aromatic carbocycles. The van der Waals surface area contributed by atoms with Crippen molar-refractivity contribution >= 4 is 33.2 Å². The predicted octanol–water partition coefficient (Wildman–Crippen LogP) is 2.74. The van der Waals surface area contributed by atoms with Crippen molar-refractivity contribution in [3.63, 3.8) is 0 Å². The van der Waals surface area contributed by atoms with Crippen molar-refractivity contribution in [3.8, 4) is 0 Å². The largest absolute Gasteiger partial charge is 0.328 e. The van der Waals surface area contributed by atoms with Gasteiger partial charge in [-0.05, 0) is 43.2 Å². The lowest BCUT2D eigenvalue weighted by Crippen LogP contribution is -2.32. The van der Waals surface area contributed by atoms with Crippen molar-refractivity contribution in [2.45, 2.75) is 30.2 Å². The van der Waals surface area contributed by atoms with Crippen LogP contribution in [0.25, 0.3) is 0 Å². The maximum atomic E-state index is 12.8. The summed E-state index contributed by atoms with van der Waals surface area (Å²) in [6, 6.07) is 4.91. The van der Waals surface area contributed by atoms with E-state index < -0.39 is 10.0 Å². The summed E-state index contributed by atoms with van der Waals surface area (Å²) in [5, 5.41) is 0.363. The normalized spacial score (nSPS) is 30.3. The summed E-state index contributed by atoms with van der Waals surface area (Å²) in [7, 11) is -3.59. The highest BCUT2D eigenvalue weighted by Crippen LogP contribution is 2.39. The summed E-state index contributed by atoms with van der Waals surface area (Å²) in [4.78, 5) is 0.0969. The molecule has 0 radical (unpaired) electrons. The van der Waals surface area contributed by atoms with Gasteiger partial charge in [0.1, 0.15) is 4.90 Å². The third-order valence-electron chi connectivity index (χ3n) is 4.59. The molecule has 1 saturated heterocycles. The standard InChI is InChI=1S/C14H18Cl2N2O2S/c15-12-2-1-3-13(14(12)16)21(19,20)18-7-9-4-5-11(17)6-10(9)8-18/h1-3,9-11H,4-8,17H2/t9-,10+,11?/m1/s1. The molecular weight excluding hydrogens is 331 g/mol. The average molecular weight is 349 g/mol. The van der Waals surface area contributed by atoms with E-state index in [-0.39, 0.29) is 21.0 Å². The molecule has 2 N–H and O–H groups in total. The van der Waals surface area contributed by atoms with E-state index in [1.54, 1.807) is 12.1 Å². The van der Waals surface area contributed by atoms with E-state index in [0.29, 0.717) is 24.9 Å². The van der Waals surface area contributed by atoms with E-state index in [2.05, 4.69) is 0 Å². The SMILES string of the molecule is NC1CC[C@@H]2CN(S(=O)(=O)c3cccc(Cl)c3Cl)C[C@@H]2C1. The minimum atomic E-state index is -3.59. The molecule has 7 heteroatoms. The van der Waals surface area contributed by atoms with Crippen LogP contribution < -0.4 is 5.73 Å². The fourth-order valence-electron chi connectivity index (χ4n) is 3.44. The Morgan fingerprint density at radius 2 is 1.86 bits per heavy atom. The number of benzene rings is 1. The second-order valence-corrected chi connectivity index (χ2v) is 8.66. The molecule has 4 nitrogen and oxygen atoms in total. The first kappa shape index (κ1) is 15.6. The number of nitrogens with two attached hydrogens (primary N) is 1. The number of halogens is 2. The van der Waals surface area contributed by atoms with Crippen LogP contribution in [0, 0.1) is 11.8 Å². The monoisotopic (exact) mass is 348 g/mol. The maximum Gasteiger partial charge on any atom is 0.244 e. The topological polar surface area (TPSA) is 63.4 Å². The molecule has 0 amide bonds. The molecule has 21 heavy (non-hydrogen) atoms. The van der Waals surface area contributed by atoms with Crippen LogP contribution in [0.5, 0.6) is 0 Å².